The topological polar surface area (TPSA) is 26.3 Å². The minimum absolute atomic E-state index is 0.0858. The van der Waals surface area contributed by atoms with Gasteiger partial charge >= 0.3 is 5.97 Å². The molecule has 1 unspecified atom stereocenters. The number of hydrogen-bond donors (Lipinski definition) is 1. The monoisotopic (exact) mass is 290 g/mol. The smallest absolute Gasteiger partial charge is 0.305 e. The fourth-order valence-corrected chi connectivity index (χ4v) is 2.39. The third-order valence-corrected chi connectivity index (χ3v) is 3.68. The van der Waals surface area contributed by atoms with E-state index in [2.05, 4.69) is 19.6 Å². The summed E-state index contributed by atoms with van der Waals surface area (Å²) in [4.78, 5) is 12.3. The van der Waals surface area contributed by atoms with E-state index in [9.17, 15) is 4.79 Å². The quantitative estimate of drug-likeness (QED) is 0.265. The van der Waals surface area contributed by atoms with Crippen molar-refractivity contribution in [2.45, 2.75) is 70.5 Å². The molecule has 0 saturated heterocycles. The second kappa shape index (κ2) is 12.0. The van der Waals surface area contributed by atoms with E-state index < -0.39 is 0 Å². The SMILES string of the molecule is CCCC(=S)CCC(S)CCCCC(=O)OCC. The fourth-order valence-electron chi connectivity index (χ4n) is 1.76. The van der Waals surface area contributed by atoms with Crippen LogP contribution in [0.15, 0.2) is 0 Å². The van der Waals surface area contributed by atoms with Gasteiger partial charge < -0.3 is 4.74 Å². The van der Waals surface area contributed by atoms with Crippen LogP contribution in [0.2, 0.25) is 0 Å². The minimum Gasteiger partial charge on any atom is -0.466 e. The van der Waals surface area contributed by atoms with Gasteiger partial charge in [-0.3, -0.25) is 4.79 Å². The Kier molecular flexibility index (Phi) is 11.9. The number of thiocarbonyl (C=S) groups is 1. The molecule has 0 N–H and O–H groups in total. The van der Waals surface area contributed by atoms with Crippen LogP contribution in [0.25, 0.3) is 0 Å². The first-order valence-electron chi connectivity index (χ1n) is 6.95. The Morgan fingerprint density at radius 3 is 2.50 bits per heavy atom. The van der Waals surface area contributed by atoms with Crippen LogP contribution in [0.5, 0.6) is 0 Å². The van der Waals surface area contributed by atoms with Gasteiger partial charge in [0, 0.05) is 11.7 Å². The predicted molar refractivity (Wildman–Crippen MR) is 84.6 cm³/mol. The zero-order valence-electron chi connectivity index (χ0n) is 11.6. The third-order valence-electron chi connectivity index (χ3n) is 2.76. The lowest BCUT2D eigenvalue weighted by molar-refractivity contribution is -0.143. The maximum atomic E-state index is 11.1. The second-order valence-electron chi connectivity index (χ2n) is 4.53. The first-order valence-corrected chi connectivity index (χ1v) is 7.88. The number of carbonyl (C=O) groups is 1. The highest BCUT2D eigenvalue weighted by Gasteiger charge is 2.06. The summed E-state index contributed by atoms with van der Waals surface area (Å²) in [6.45, 7) is 4.46. The molecule has 0 fully saturated rings. The average Bonchev–Trinajstić information content (AvgIpc) is 2.33. The van der Waals surface area contributed by atoms with Crippen LogP contribution in [-0.4, -0.2) is 22.7 Å². The van der Waals surface area contributed by atoms with Gasteiger partial charge in [-0.1, -0.05) is 32.0 Å². The van der Waals surface area contributed by atoms with E-state index in [0.29, 0.717) is 18.3 Å². The average molecular weight is 290 g/mol. The lowest BCUT2D eigenvalue weighted by atomic mass is 10.1. The van der Waals surface area contributed by atoms with Crippen molar-refractivity contribution < 1.29 is 9.53 Å². The van der Waals surface area contributed by atoms with Gasteiger partial charge in [-0.05, 0) is 43.9 Å². The first-order chi connectivity index (χ1) is 8.60. The number of carbonyl (C=O) groups excluding carboxylic acids is 1. The van der Waals surface area contributed by atoms with Gasteiger partial charge in [0.15, 0.2) is 0 Å². The van der Waals surface area contributed by atoms with Gasteiger partial charge in [-0.2, -0.15) is 12.6 Å². The van der Waals surface area contributed by atoms with Gasteiger partial charge in [0.25, 0.3) is 0 Å². The normalized spacial score (nSPS) is 12.2. The van der Waals surface area contributed by atoms with Gasteiger partial charge in [0.1, 0.15) is 0 Å². The predicted octanol–water partition coefficient (Wildman–Crippen LogP) is 4.36. The molecule has 0 rings (SSSR count). The number of ether oxygens (including phenoxy) is 1. The van der Waals surface area contributed by atoms with Gasteiger partial charge in [-0.25, -0.2) is 0 Å². The molecule has 0 heterocycles. The summed E-state index contributed by atoms with van der Waals surface area (Å²) in [5, 5.41) is 0.405. The summed E-state index contributed by atoms with van der Waals surface area (Å²) in [5.41, 5.74) is 0. The molecule has 18 heavy (non-hydrogen) atoms. The molecule has 0 radical (unpaired) electrons. The number of esters is 1. The number of rotatable bonds is 11. The Morgan fingerprint density at radius 1 is 1.17 bits per heavy atom. The van der Waals surface area contributed by atoms with Gasteiger partial charge in [0.05, 0.1) is 6.61 Å². The Labute approximate surface area is 122 Å². The molecule has 0 aromatic carbocycles. The van der Waals surface area contributed by atoms with Crippen LogP contribution in [0.1, 0.15) is 65.2 Å². The highest BCUT2D eigenvalue weighted by atomic mass is 32.1. The standard InChI is InChI=1S/C14H26O2S2/c1-3-7-12(17)10-11-13(18)8-5-6-9-14(15)16-4-2/h13,18H,3-11H2,1-2H3. The largest absolute Gasteiger partial charge is 0.466 e. The second-order valence-corrected chi connectivity index (χ2v) is 5.84. The molecule has 106 valence electrons. The van der Waals surface area contributed by atoms with Gasteiger partial charge in [0.2, 0.25) is 0 Å². The van der Waals surface area contributed by atoms with Crippen LogP contribution in [0.4, 0.5) is 0 Å². The molecule has 2 nitrogen and oxygen atoms in total. The summed E-state index contributed by atoms with van der Waals surface area (Å²) in [6.07, 6.45) is 7.77. The van der Waals surface area contributed by atoms with Crippen molar-refractivity contribution in [3.63, 3.8) is 0 Å². The molecule has 0 bridgehead atoms. The highest BCUT2D eigenvalue weighted by molar-refractivity contribution is 7.81. The van der Waals surface area contributed by atoms with E-state index in [4.69, 9.17) is 17.0 Å². The lowest BCUT2D eigenvalue weighted by Gasteiger charge is -2.10. The van der Waals surface area contributed by atoms with E-state index in [1.165, 1.54) is 4.86 Å². The van der Waals surface area contributed by atoms with Crippen LogP contribution in [0.3, 0.4) is 0 Å². The third kappa shape index (κ3) is 11.0. The zero-order chi connectivity index (χ0) is 13.8. The number of hydrogen-bond acceptors (Lipinski definition) is 4. The number of unbranched alkanes of at least 4 members (excludes halogenated alkanes) is 1. The van der Waals surface area contributed by atoms with E-state index >= 15 is 0 Å². The summed E-state index contributed by atoms with van der Waals surface area (Å²) in [7, 11) is 0. The summed E-state index contributed by atoms with van der Waals surface area (Å²) in [5.74, 6) is -0.0858. The molecule has 0 saturated carbocycles. The van der Waals surface area contributed by atoms with E-state index in [1.54, 1.807) is 0 Å². The molecule has 0 amide bonds. The summed E-state index contributed by atoms with van der Waals surface area (Å²) >= 11 is 9.84. The van der Waals surface area contributed by atoms with Crippen LogP contribution < -0.4 is 0 Å². The van der Waals surface area contributed by atoms with Crippen molar-refractivity contribution in [1.29, 1.82) is 0 Å². The molecule has 0 spiro atoms. The molecular weight excluding hydrogens is 264 g/mol. The Balaban J connectivity index is 3.44. The first kappa shape index (κ1) is 17.9. The molecule has 0 aliphatic rings. The van der Waals surface area contributed by atoms with E-state index in [0.717, 1.165) is 44.9 Å². The van der Waals surface area contributed by atoms with Crippen molar-refractivity contribution in [3.8, 4) is 0 Å². The zero-order valence-corrected chi connectivity index (χ0v) is 13.3. The van der Waals surface area contributed by atoms with Crippen LogP contribution in [-0.2, 0) is 9.53 Å². The fraction of sp³-hybridized carbons (Fsp3) is 0.857. The Morgan fingerprint density at radius 2 is 1.89 bits per heavy atom. The van der Waals surface area contributed by atoms with Crippen LogP contribution >= 0.6 is 24.8 Å². The maximum absolute atomic E-state index is 11.1. The lowest BCUT2D eigenvalue weighted by Crippen LogP contribution is -2.05. The Hall–Kier alpha value is -0.0900. The molecule has 4 heteroatoms. The van der Waals surface area contributed by atoms with Crippen molar-refractivity contribution >= 4 is 35.7 Å². The molecule has 0 aromatic rings. The Bertz CT molecular complexity index is 242. The molecule has 1 atom stereocenters. The number of thiol groups is 1. The summed E-state index contributed by atoms with van der Waals surface area (Å²) < 4.78 is 4.88. The van der Waals surface area contributed by atoms with E-state index in [1.807, 2.05) is 6.92 Å². The van der Waals surface area contributed by atoms with Gasteiger partial charge in [-0.15, -0.1) is 0 Å². The molecule has 0 aromatic heterocycles. The van der Waals surface area contributed by atoms with Crippen molar-refractivity contribution in [2.24, 2.45) is 0 Å². The maximum Gasteiger partial charge on any atom is 0.305 e. The molecule has 0 aliphatic heterocycles. The molecule has 0 aliphatic carbocycles. The minimum atomic E-state index is -0.0858. The van der Waals surface area contributed by atoms with Crippen molar-refractivity contribution in [3.05, 3.63) is 0 Å². The van der Waals surface area contributed by atoms with E-state index in [-0.39, 0.29) is 5.97 Å². The van der Waals surface area contributed by atoms with Crippen molar-refractivity contribution in [2.75, 3.05) is 6.61 Å². The highest BCUT2D eigenvalue weighted by Crippen LogP contribution is 2.15. The molecular formula is C14H26O2S2. The van der Waals surface area contributed by atoms with Crippen molar-refractivity contribution in [1.82, 2.24) is 0 Å². The van der Waals surface area contributed by atoms with Crippen LogP contribution in [0, 0.1) is 0 Å². The summed E-state index contributed by atoms with van der Waals surface area (Å²) in [6, 6.07) is 0.